The Morgan fingerprint density at radius 2 is 2.00 bits per heavy atom. The SMILES string of the molecule is CC(C)[C@H](N)C(=O)N1CCC2(CCC(CCl)CC2)C1. The fourth-order valence-corrected chi connectivity index (χ4v) is 3.78. The van der Waals surface area contributed by atoms with Gasteiger partial charge in [-0.1, -0.05) is 13.8 Å². The van der Waals surface area contributed by atoms with E-state index in [1.165, 1.54) is 25.7 Å². The van der Waals surface area contributed by atoms with Crippen LogP contribution in [0.5, 0.6) is 0 Å². The molecule has 0 radical (unpaired) electrons. The summed E-state index contributed by atoms with van der Waals surface area (Å²) in [4.78, 5) is 14.3. The average Bonchev–Trinajstić information content (AvgIpc) is 2.82. The molecular formula is C15H27ClN2O. The van der Waals surface area contributed by atoms with Crippen molar-refractivity contribution in [3.8, 4) is 0 Å². The maximum Gasteiger partial charge on any atom is 0.239 e. The molecule has 2 aliphatic rings. The molecule has 0 aromatic rings. The molecule has 1 atom stereocenters. The zero-order valence-corrected chi connectivity index (χ0v) is 13.0. The van der Waals surface area contributed by atoms with Crippen LogP contribution >= 0.6 is 11.6 Å². The molecule has 2 rings (SSSR count). The minimum absolute atomic E-state index is 0.145. The summed E-state index contributed by atoms with van der Waals surface area (Å²) in [5, 5.41) is 0. The zero-order valence-electron chi connectivity index (χ0n) is 12.2. The number of amides is 1. The van der Waals surface area contributed by atoms with Crippen LogP contribution in [0.4, 0.5) is 0 Å². The van der Waals surface area contributed by atoms with Crippen molar-refractivity contribution in [2.75, 3.05) is 19.0 Å². The van der Waals surface area contributed by atoms with E-state index in [1.807, 2.05) is 18.7 Å². The number of rotatable bonds is 3. The highest BCUT2D eigenvalue weighted by atomic mass is 35.5. The molecule has 1 aliphatic carbocycles. The van der Waals surface area contributed by atoms with Crippen molar-refractivity contribution in [3.05, 3.63) is 0 Å². The van der Waals surface area contributed by atoms with Gasteiger partial charge in [0.15, 0.2) is 0 Å². The van der Waals surface area contributed by atoms with Crippen molar-refractivity contribution in [1.29, 1.82) is 0 Å². The number of nitrogens with zero attached hydrogens (tertiary/aromatic N) is 1. The van der Waals surface area contributed by atoms with Crippen LogP contribution in [0.2, 0.25) is 0 Å². The Bertz CT molecular complexity index is 324. The maximum absolute atomic E-state index is 12.3. The molecule has 4 heteroatoms. The fraction of sp³-hybridized carbons (Fsp3) is 0.933. The first-order valence-electron chi connectivity index (χ1n) is 7.58. The van der Waals surface area contributed by atoms with Gasteiger partial charge in [-0.05, 0) is 49.4 Å². The van der Waals surface area contributed by atoms with E-state index >= 15 is 0 Å². The van der Waals surface area contributed by atoms with Gasteiger partial charge in [-0.2, -0.15) is 0 Å². The van der Waals surface area contributed by atoms with Crippen molar-refractivity contribution in [3.63, 3.8) is 0 Å². The molecule has 1 aliphatic heterocycles. The minimum atomic E-state index is -0.339. The maximum atomic E-state index is 12.3. The van der Waals surface area contributed by atoms with E-state index in [1.54, 1.807) is 0 Å². The Kier molecular flexibility index (Phi) is 4.78. The topological polar surface area (TPSA) is 46.3 Å². The third-order valence-corrected chi connectivity index (χ3v) is 5.57. The van der Waals surface area contributed by atoms with E-state index in [0.29, 0.717) is 11.3 Å². The lowest BCUT2D eigenvalue weighted by Crippen LogP contribution is -2.46. The normalized spacial score (nSPS) is 33.1. The lowest BCUT2D eigenvalue weighted by atomic mass is 9.70. The number of hydrogen-bond acceptors (Lipinski definition) is 2. The van der Waals surface area contributed by atoms with Crippen LogP contribution < -0.4 is 5.73 Å². The molecule has 2 N–H and O–H groups in total. The van der Waals surface area contributed by atoms with Gasteiger partial charge in [0.05, 0.1) is 6.04 Å². The number of alkyl halides is 1. The summed E-state index contributed by atoms with van der Waals surface area (Å²) in [5.74, 6) is 1.84. The van der Waals surface area contributed by atoms with Crippen LogP contribution in [0.3, 0.4) is 0 Å². The Hall–Kier alpha value is -0.280. The molecule has 110 valence electrons. The first kappa shape index (κ1) is 15.1. The second kappa shape index (κ2) is 6.01. The molecule has 0 bridgehead atoms. The summed E-state index contributed by atoms with van der Waals surface area (Å²) in [5.41, 5.74) is 6.36. The van der Waals surface area contributed by atoms with E-state index in [-0.39, 0.29) is 17.9 Å². The van der Waals surface area contributed by atoms with E-state index in [9.17, 15) is 4.79 Å². The van der Waals surface area contributed by atoms with Gasteiger partial charge in [-0.3, -0.25) is 4.79 Å². The third-order valence-electron chi connectivity index (χ3n) is 5.14. The van der Waals surface area contributed by atoms with Crippen LogP contribution in [-0.4, -0.2) is 35.8 Å². The zero-order chi connectivity index (χ0) is 14.0. The largest absolute Gasteiger partial charge is 0.341 e. The van der Waals surface area contributed by atoms with E-state index in [4.69, 9.17) is 17.3 Å². The first-order valence-corrected chi connectivity index (χ1v) is 8.11. The molecule has 1 amide bonds. The molecule has 0 aromatic carbocycles. The number of carbonyl (C=O) groups is 1. The van der Waals surface area contributed by atoms with Gasteiger partial charge in [0, 0.05) is 19.0 Å². The van der Waals surface area contributed by atoms with Gasteiger partial charge in [0.25, 0.3) is 0 Å². The Morgan fingerprint density at radius 3 is 2.53 bits per heavy atom. The number of halogens is 1. The molecular weight excluding hydrogens is 260 g/mol. The summed E-state index contributed by atoms with van der Waals surface area (Å²) in [7, 11) is 0. The Morgan fingerprint density at radius 1 is 1.37 bits per heavy atom. The average molecular weight is 287 g/mol. The summed E-state index contributed by atoms with van der Waals surface area (Å²) in [6.07, 6.45) is 6.05. The van der Waals surface area contributed by atoms with E-state index < -0.39 is 0 Å². The molecule has 1 saturated heterocycles. The molecule has 1 spiro atoms. The highest BCUT2D eigenvalue weighted by molar-refractivity contribution is 6.18. The molecule has 0 aromatic heterocycles. The van der Waals surface area contributed by atoms with Crippen LogP contribution in [0, 0.1) is 17.3 Å². The number of nitrogens with two attached hydrogens (primary N) is 1. The van der Waals surface area contributed by atoms with E-state index in [2.05, 4.69) is 0 Å². The van der Waals surface area contributed by atoms with Crippen molar-refractivity contribution < 1.29 is 4.79 Å². The number of likely N-dealkylation sites (tertiary alicyclic amines) is 1. The van der Waals surface area contributed by atoms with Crippen LogP contribution in [0.25, 0.3) is 0 Å². The van der Waals surface area contributed by atoms with Crippen LogP contribution in [0.15, 0.2) is 0 Å². The minimum Gasteiger partial charge on any atom is -0.341 e. The van der Waals surface area contributed by atoms with Gasteiger partial charge in [0.2, 0.25) is 5.91 Å². The van der Waals surface area contributed by atoms with Gasteiger partial charge < -0.3 is 10.6 Å². The lowest BCUT2D eigenvalue weighted by molar-refractivity contribution is -0.133. The van der Waals surface area contributed by atoms with Crippen LogP contribution in [-0.2, 0) is 4.79 Å². The second-order valence-corrected chi connectivity index (χ2v) is 7.19. The quantitative estimate of drug-likeness (QED) is 0.811. The van der Waals surface area contributed by atoms with Gasteiger partial charge in [-0.15, -0.1) is 11.6 Å². The molecule has 3 nitrogen and oxygen atoms in total. The predicted octanol–water partition coefficient (Wildman–Crippen LogP) is 2.62. The number of hydrogen-bond donors (Lipinski definition) is 1. The predicted molar refractivity (Wildman–Crippen MR) is 79.1 cm³/mol. The summed E-state index contributed by atoms with van der Waals surface area (Å²) in [6, 6.07) is -0.339. The molecule has 1 heterocycles. The third kappa shape index (κ3) is 3.25. The number of carbonyl (C=O) groups excluding carboxylic acids is 1. The molecule has 19 heavy (non-hydrogen) atoms. The highest BCUT2D eigenvalue weighted by Crippen LogP contribution is 2.45. The first-order chi connectivity index (χ1) is 8.97. The van der Waals surface area contributed by atoms with Gasteiger partial charge in [0.1, 0.15) is 0 Å². The molecule has 2 fully saturated rings. The smallest absolute Gasteiger partial charge is 0.239 e. The van der Waals surface area contributed by atoms with Crippen LogP contribution in [0.1, 0.15) is 46.0 Å². The monoisotopic (exact) mass is 286 g/mol. The van der Waals surface area contributed by atoms with Crippen molar-refractivity contribution in [2.24, 2.45) is 23.0 Å². The van der Waals surface area contributed by atoms with E-state index in [0.717, 1.165) is 25.4 Å². The van der Waals surface area contributed by atoms with Crippen molar-refractivity contribution >= 4 is 17.5 Å². The lowest BCUT2D eigenvalue weighted by Gasteiger charge is -2.36. The molecule has 1 saturated carbocycles. The summed E-state index contributed by atoms with van der Waals surface area (Å²) < 4.78 is 0. The summed E-state index contributed by atoms with van der Waals surface area (Å²) in [6.45, 7) is 5.84. The Balaban J connectivity index is 1.91. The Labute approximate surface area is 121 Å². The van der Waals surface area contributed by atoms with Crippen molar-refractivity contribution in [1.82, 2.24) is 4.90 Å². The summed E-state index contributed by atoms with van der Waals surface area (Å²) >= 11 is 5.95. The van der Waals surface area contributed by atoms with Gasteiger partial charge in [-0.25, -0.2) is 0 Å². The highest BCUT2D eigenvalue weighted by Gasteiger charge is 2.43. The molecule has 0 unspecified atom stereocenters. The van der Waals surface area contributed by atoms with Gasteiger partial charge >= 0.3 is 0 Å². The van der Waals surface area contributed by atoms with Crippen molar-refractivity contribution in [2.45, 2.75) is 52.0 Å². The standard InChI is InChI=1S/C15H27ClN2O/c1-11(2)13(17)14(19)18-8-7-15(10-18)5-3-12(9-16)4-6-15/h11-13H,3-10,17H2,1-2H3/t12?,13-,15?/m0/s1. The second-order valence-electron chi connectivity index (χ2n) is 6.88. The fourth-order valence-electron chi connectivity index (χ4n) is 3.47.